The van der Waals surface area contributed by atoms with Crippen LogP contribution in [0.25, 0.3) is 0 Å². The monoisotopic (exact) mass is 200 g/mol. The minimum absolute atomic E-state index is 0.247. The first-order chi connectivity index (χ1) is 6.40. The van der Waals surface area contributed by atoms with Gasteiger partial charge in [0.25, 0.3) is 5.91 Å². The minimum atomic E-state index is -0.817. The van der Waals surface area contributed by atoms with E-state index in [1.807, 2.05) is 6.92 Å². The van der Waals surface area contributed by atoms with E-state index in [9.17, 15) is 9.59 Å². The van der Waals surface area contributed by atoms with Gasteiger partial charge in [0.2, 0.25) is 0 Å². The van der Waals surface area contributed by atoms with E-state index in [4.69, 9.17) is 4.74 Å². The molecule has 1 atom stereocenters. The Morgan fingerprint density at radius 2 is 2.07 bits per heavy atom. The molecule has 80 valence electrons. The Morgan fingerprint density at radius 1 is 1.50 bits per heavy atom. The average molecular weight is 200 g/mol. The Kier molecular flexibility index (Phi) is 2.80. The van der Waals surface area contributed by atoms with E-state index in [1.54, 1.807) is 20.8 Å². The summed E-state index contributed by atoms with van der Waals surface area (Å²) in [6, 6.07) is -0.388. The summed E-state index contributed by atoms with van der Waals surface area (Å²) in [5, 5.41) is 2.59. The predicted octanol–water partition coefficient (Wildman–Crippen LogP) is 0.699. The van der Waals surface area contributed by atoms with Gasteiger partial charge in [0, 0.05) is 6.61 Å². The van der Waals surface area contributed by atoms with Crippen LogP contribution in [0.4, 0.5) is 4.79 Å². The maximum Gasteiger partial charge on any atom is 0.327 e. The number of carbonyl (C=O) groups is 2. The molecule has 0 aromatic carbocycles. The summed E-state index contributed by atoms with van der Waals surface area (Å²) in [4.78, 5) is 24.3. The zero-order valence-corrected chi connectivity index (χ0v) is 8.96. The first kappa shape index (κ1) is 11.0. The van der Waals surface area contributed by atoms with Crippen LogP contribution in [0.15, 0.2) is 0 Å². The number of hydrogen-bond donors (Lipinski definition) is 1. The van der Waals surface area contributed by atoms with E-state index >= 15 is 0 Å². The molecule has 0 aliphatic carbocycles. The van der Waals surface area contributed by atoms with Gasteiger partial charge in [-0.05, 0) is 27.7 Å². The molecule has 3 amide bonds. The SMILES string of the molecule is CCOC(C)N1C(=O)NC(C)(C)C1=O. The maximum absolute atomic E-state index is 11.7. The van der Waals surface area contributed by atoms with E-state index in [1.165, 1.54) is 0 Å². The van der Waals surface area contributed by atoms with E-state index in [0.29, 0.717) is 6.61 Å². The van der Waals surface area contributed by atoms with Gasteiger partial charge in [-0.2, -0.15) is 0 Å². The summed E-state index contributed by atoms with van der Waals surface area (Å²) in [5.41, 5.74) is -0.817. The van der Waals surface area contributed by atoms with Crippen LogP contribution in [0.3, 0.4) is 0 Å². The minimum Gasteiger partial charge on any atom is -0.358 e. The van der Waals surface area contributed by atoms with Crippen LogP contribution in [-0.2, 0) is 9.53 Å². The Labute approximate surface area is 83.4 Å². The third-order valence-electron chi connectivity index (χ3n) is 2.16. The number of hydrogen-bond acceptors (Lipinski definition) is 3. The molecule has 1 aliphatic heterocycles. The molecular weight excluding hydrogens is 184 g/mol. The van der Waals surface area contributed by atoms with Gasteiger partial charge in [-0.25, -0.2) is 9.69 Å². The molecule has 1 heterocycles. The molecule has 14 heavy (non-hydrogen) atoms. The van der Waals surface area contributed by atoms with Gasteiger partial charge in [0.15, 0.2) is 0 Å². The number of amides is 3. The molecule has 1 aliphatic rings. The first-order valence-corrected chi connectivity index (χ1v) is 4.67. The van der Waals surface area contributed by atoms with Crippen molar-refractivity contribution in [2.45, 2.75) is 39.5 Å². The summed E-state index contributed by atoms with van der Waals surface area (Å²) < 4.78 is 5.20. The number of nitrogens with one attached hydrogen (secondary N) is 1. The molecule has 0 radical (unpaired) electrons. The normalized spacial score (nSPS) is 22.4. The van der Waals surface area contributed by atoms with Crippen molar-refractivity contribution in [3.05, 3.63) is 0 Å². The second-order valence-corrected chi connectivity index (χ2v) is 3.78. The molecule has 5 nitrogen and oxygen atoms in total. The lowest BCUT2D eigenvalue weighted by atomic mass is 10.1. The summed E-state index contributed by atoms with van der Waals surface area (Å²) >= 11 is 0. The molecule has 1 rings (SSSR count). The number of urea groups is 1. The van der Waals surface area contributed by atoms with Gasteiger partial charge in [-0.3, -0.25) is 4.79 Å². The number of imide groups is 1. The Hall–Kier alpha value is -1.10. The highest BCUT2D eigenvalue weighted by molar-refractivity contribution is 6.06. The second-order valence-electron chi connectivity index (χ2n) is 3.78. The molecule has 1 saturated heterocycles. The molecule has 0 aromatic heterocycles. The highest BCUT2D eigenvalue weighted by Gasteiger charge is 2.46. The van der Waals surface area contributed by atoms with Crippen molar-refractivity contribution in [2.24, 2.45) is 0 Å². The molecular formula is C9H16N2O3. The number of ether oxygens (including phenoxy) is 1. The number of nitrogens with zero attached hydrogens (tertiary/aromatic N) is 1. The Morgan fingerprint density at radius 3 is 2.43 bits per heavy atom. The van der Waals surface area contributed by atoms with Crippen molar-refractivity contribution in [1.82, 2.24) is 10.2 Å². The van der Waals surface area contributed by atoms with Crippen LogP contribution in [0.5, 0.6) is 0 Å². The predicted molar refractivity (Wildman–Crippen MR) is 50.5 cm³/mol. The third-order valence-corrected chi connectivity index (χ3v) is 2.16. The van der Waals surface area contributed by atoms with E-state index in [-0.39, 0.29) is 11.9 Å². The molecule has 1 fully saturated rings. The molecule has 0 saturated carbocycles. The summed E-state index contributed by atoms with van der Waals surface area (Å²) in [7, 11) is 0. The zero-order chi connectivity index (χ0) is 10.9. The lowest BCUT2D eigenvalue weighted by molar-refractivity contribution is -0.138. The van der Waals surface area contributed by atoms with Crippen LogP contribution < -0.4 is 5.32 Å². The van der Waals surface area contributed by atoms with E-state index in [0.717, 1.165) is 4.90 Å². The first-order valence-electron chi connectivity index (χ1n) is 4.67. The lowest BCUT2D eigenvalue weighted by Gasteiger charge is -2.22. The quantitative estimate of drug-likeness (QED) is 0.682. The third kappa shape index (κ3) is 1.72. The van der Waals surface area contributed by atoms with Crippen molar-refractivity contribution in [2.75, 3.05) is 6.61 Å². The summed E-state index contributed by atoms with van der Waals surface area (Å²) in [6.07, 6.45) is -0.505. The van der Waals surface area contributed by atoms with Crippen LogP contribution in [0.1, 0.15) is 27.7 Å². The molecule has 0 bridgehead atoms. The molecule has 1 unspecified atom stereocenters. The fourth-order valence-corrected chi connectivity index (χ4v) is 1.42. The summed E-state index contributed by atoms with van der Waals surface area (Å²) in [6.45, 7) is 7.32. The van der Waals surface area contributed by atoms with E-state index in [2.05, 4.69) is 5.32 Å². The largest absolute Gasteiger partial charge is 0.358 e. The number of carbonyl (C=O) groups excluding carboxylic acids is 2. The highest BCUT2D eigenvalue weighted by atomic mass is 16.5. The molecule has 0 spiro atoms. The van der Waals surface area contributed by atoms with Crippen molar-refractivity contribution >= 4 is 11.9 Å². The highest BCUT2D eigenvalue weighted by Crippen LogP contribution is 2.19. The van der Waals surface area contributed by atoms with E-state index < -0.39 is 11.8 Å². The van der Waals surface area contributed by atoms with Crippen molar-refractivity contribution in [3.8, 4) is 0 Å². The number of rotatable bonds is 3. The maximum atomic E-state index is 11.7. The lowest BCUT2D eigenvalue weighted by Crippen LogP contribution is -2.43. The fraction of sp³-hybridized carbons (Fsp3) is 0.778. The van der Waals surface area contributed by atoms with Gasteiger partial charge in [0.1, 0.15) is 11.8 Å². The zero-order valence-electron chi connectivity index (χ0n) is 8.96. The molecule has 5 heteroatoms. The topological polar surface area (TPSA) is 58.6 Å². The van der Waals surface area contributed by atoms with Crippen LogP contribution in [-0.4, -0.2) is 35.2 Å². The van der Waals surface area contributed by atoms with Crippen LogP contribution in [0, 0.1) is 0 Å². The van der Waals surface area contributed by atoms with Crippen molar-refractivity contribution < 1.29 is 14.3 Å². The van der Waals surface area contributed by atoms with Gasteiger partial charge >= 0.3 is 6.03 Å². The second kappa shape index (κ2) is 3.57. The molecule has 1 N–H and O–H groups in total. The fourth-order valence-electron chi connectivity index (χ4n) is 1.42. The standard InChI is InChI=1S/C9H16N2O3/c1-5-14-6(2)11-7(12)9(3,4)10-8(11)13/h6H,5H2,1-4H3,(H,10,13). The average Bonchev–Trinajstić information content (AvgIpc) is 2.22. The Bertz CT molecular complexity index is 263. The van der Waals surface area contributed by atoms with Gasteiger partial charge in [-0.1, -0.05) is 0 Å². The van der Waals surface area contributed by atoms with Crippen LogP contribution in [0.2, 0.25) is 0 Å². The van der Waals surface area contributed by atoms with Gasteiger partial charge in [-0.15, -0.1) is 0 Å². The van der Waals surface area contributed by atoms with Crippen molar-refractivity contribution in [3.63, 3.8) is 0 Å². The smallest absolute Gasteiger partial charge is 0.327 e. The molecule has 0 aromatic rings. The van der Waals surface area contributed by atoms with Gasteiger partial charge < -0.3 is 10.1 Å². The summed E-state index contributed by atoms with van der Waals surface area (Å²) in [5.74, 6) is -0.247. The van der Waals surface area contributed by atoms with Gasteiger partial charge in [0.05, 0.1) is 0 Å². The Balaban J connectivity index is 2.80. The van der Waals surface area contributed by atoms with Crippen molar-refractivity contribution in [1.29, 1.82) is 0 Å². The van der Waals surface area contributed by atoms with Crippen LogP contribution >= 0.6 is 0 Å².